The van der Waals surface area contributed by atoms with Gasteiger partial charge in [0.2, 0.25) is 5.91 Å². The zero-order valence-electron chi connectivity index (χ0n) is 9.95. The maximum atomic E-state index is 11.4. The Hall–Kier alpha value is -2.10. The summed E-state index contributed by atoms with van der Waals surface area (Å²) >= 11 is 0. The molecule has 0 unspecified atom stereocenters. The van der Waals surface area contributed by atoms with Crippen LogP contribution in [0.25, 0.3) is 0 Å². The summed E-state index contributed by atoms with van der Waals surface area (Å²) in [6, 6.07) is 4.92. The molecule has 1 aromatic carbocycles. The summed E-state index contributed by atoms with van der Waals surface area (Å²) in [6.45, 7) is 6.74. The van der Waals surface area contributed by atoms with E-state index in [0.717, 1.165) is 0 Å². The third kappa shape index (κ3) is 3.75. The number of carbonyl (C=O) groups excluding carboxylic acids is 2. The number of amides is 1. The van der Waals surface area contributed by atoms with Crippen LogP contribution < -0.4 is 10.1 Å². The van der Waals surface area contributed by atoms with Gasteiger partial charge in [-0.3, -0.25) is 9.59 Å². The summed E-state index contributed by atoms with van der Waals surface area (Å²) in [6.07, 6.45) is 1.59. The van der Waals surface area contributed by atoms with Gasteiger partial charge in [-0.2, -0.15) is 0 Å². The third-order valence-corrected chi connectivity index (χ3v) is 2.04. The first kappa shape index (κ1) is 13.0. The van der Waals surface area contributed by atoms with Gasteiger partial charge in [0.1, 0.15) is 12.4 Å². The molecule has 0 fully saturated rings. The normalized spacial score (nSPS) is 9.53. The number of nitrogens with one attached hydrogen (secondary N) is 1. The van der Waals surface area contributed by atoms with Crippen LogP contribution in [0.2, 0.25) is 0 Å². The van der Waals surface area contributed by atoms with Crippen molar-refractivity contribution in [3.8, 4) is 5.75 Å². The Kier molecular flexibility index (Phi) is 4.46. The van der Waals surface area contributed by atoms with Gasteiger partial charge in [-0.1, -0.05) is 12.7 Å². The highest BCUT2D eigenvalue weighted by Gasteiger charge is 2.09. The standard InChI is InChI=1S/C13H15NO3/c1-4-7-17-13-8-11(14-10(3)16)5-6-12(13)9(2)15/h4-6,8H,1,7H2,2-3H3,(H,14,16). The second-order valence-corrected chi connectivity index (χ2v) is 3.55. The molecule has 1 N–H and O–H groups in total. The van der Waals surface area contributed by atoms with Gasteiger partial charge in [-0.25, -0.2) is 0 Å². The highest BCUT2D eigenvalue weighted by Crippen LogP contribution is 2.24. The van der Waals surface area contributed by atoms with E-state index in [0.29, 0.717) is 23.6 Å². The second-order valence-electron chi connectivity index (χ2n) is 3.55. The maximum absolute atomic E-state index is 11.4. The van der Waals surface area contributed by atoms with E-state index in [1.54, 1.807) is 24.3 Å². The van der Waals surface area contributed by atoms with Gasteiger partial charge < -0.3 is 10.1 Å². The molecule has 0 spiro atoms. The van der Waals surface area contributed by atoms with Gasteiger partial charge in [0.15, 0.2) is 5.78 Å². The number of anilines is 1. The van der Waals surface area contributed by atoms with Crippen molar-refractivity contribution in [1.82, 2.24) is 0 Å². The van der Waals surface area contributed by atoms with Gasteiger partial charge in [-0.15, -0.1) is 0 Å². The minimum atomic E-state index is -0.171. The molecule has 1 amide bonds. The van der Waals surface area contributed by atoms with Crippen LogP contribution in [0.4, 0.5) is 5.69 Å². The Morgan fingerprint density at radius 1 is 1.41 bits per heavy atom. The Morgan fingerprint density at radius 3 is 2.65 bits per heavy atom. The molecule has 0 aliphatic heterocycles. The van der Waals surface area contributed by atoms with Crippen LogP contribution in [0.3, 0.4) is 0 Å². The molecule has 1 rings (SSSR count). The van der Waals surface area contributed by atoms with Gasteiger partial charge in [-0.05, 0) is 19.1 Å². The monoisotopic (exact) mass is 233 g/mol. The van der Waals surface area contributed by atoms with E-state index in [9.17, 15) is 9.59 Å². The Labute approximate surface area is 100 Å². The molecule has 0 aliphatic carbocycles. The number of ether oxygens (including phenoxy) is 1. The molecule has 17 heavy (non-hydrogen) atoms. The van der Waals surface area contributed by atoms with E-state index in [2.05, 4.69) is 11.9 Å². The lowest BCUT2D eigenvalue weighted by Gasteiger charge is -2.10. The van der Waals surface area contributed by atoms with E-state index in [1.165, 1.54) is 13.8 Å². The van der Waals surface area contributed by atoms with Crippen molar-refractivity contribution in [3.63, 3.8) is 0 Å². The average Bonchev–Trinajstić information content (AvgIpc) is 2.25. The van der Waals surface area contributed by atoms with Crippen molar-refractivity contribution in [1.29, 1.82) is 0 Å². The summed E-state index contributed by atoms with van der Waals surface area (Å²) in [7, 11) is 0. The molecular weight excluding hydrogens is 218 g/mol. The topological polar surface area (TPSA) is 55.4 Å². The van der Waals surface area contributed by atoms with Crippen LogP contribution in [-0.4, -0.2) is 18.3 Å². The minimum Gasteiger partial charge on any atom is -0.489 e. The summed E-state index contributed by atoms with van der Waals surface area (Å²) in [4.78, 5) is 22.3. The van der Waals surface area contributed by atoms with E-state index in [-0.39, 0.29) is 11.7 Å². The van der Waals surface area contributed by atoms with Crippen molar-refractivity contribution in [2.75, 3.05) is 11.9 Å². The van der Waals surface area contributed by atoms with Crippen molar-refractivity contribution < 1.29 is 14.3 Å². The average molecular weight is 233 g/mol. The molecule has 0 aromatic heterocycles. The van der Waals surface area contributed by atoms with Gasteiger partial charge in [0.25, 0.3) is 0 Å². The lowest BCUT2D eigenvalue weighted by Crippen LogP contribution is -2.07. The first-order valence-corrected chi connectivity index (χ1v) is 5.21. The lowest BCUT2D eigenvalue weighted by atomic mass is 10.1. The summed E-state index contributed by atoms with van der Waals surface area (Å²) in [5, 5.41) is 2.63. The van der Waals surface area contributed by atoms with Crippen LogP contribution in [0.15, 0.2) is 30.9 Å². The highest BCUT2D eigenvalue weighted by molar-refractivity contribution is 5.98. The number of Topliss-reactive ketones (excluding diaryl/α,β-unsaturated/α-hetero) is 1. The molecule has 0 saturated heterocycles. The van der Waals surface area contributed by atoms with Crippen LogP contribution in [0.5, 0.6) is 5.75 Å². The molecule has 1 aromatic rings. The van der Waals surface area contributed by atoms with Gasteiger partial charge >= 0.3 is 0 Å². The van der Waals surface area contributed by atoms with E-state index in [4.69, 9.17) is 4.74 Å². The molecule has 90 valence electrons. The molecular formula is C13H15NO3. The Balaban J connectivity index is 3.04. The molecule has 4 nitrogen and oxygen atoms in total. The predicted octanol–water partition coefficient (Wildman–Crippen LogP) is 2.41. The second kappa shape index (κ2) is 5.84. The molecule has 0 heterocycles. The fourth-order valence-electron chi connectivity index (χ4n) is 1.36. The molecule has 0 atom stereocenters. The van der Waals surface area contributed by atoms with Crippen molar-refractivity contribution in [2.45, 2.75) is 13.8 Å². The minimum absolute atomic E-state index is 0.0848. The van der Waals surface area contributed by atoms with Crippen molar-refractivity contribution in [2.24, 2.45) is 0 Å². The van der Waals surface area contributed by atoms with E-state index < -0.39 is 0 Å². The highest BCUT2D eigenvalue weighted by atomic mass is 16.5. The van der Waals surface area contributed by atoms with Crippen molar-refractivity contribution >= 4 is 17.4 Å². The predicted molar refractivity (Wildman–Crippen MR) is 66.4 cm³/mol. The summed E-state index contributed by atoms with van der Waals surface area (Å²) < 4.78 is 5.38. The first-order chi connectivity index (χ1) is 8.04. The zero-order valence-corrected chi connectivity index (χ0v) is 9.95. The zero-order chi connectivity index (χ0) is 12.8. The Morgan fingerprint density at radius 2 is 2.12 bits per heavy atom. The fraction of sp³-hybridized carbons (Fsp3) is 0.231. The SMILES string of the molecule is C=CCOc1cc(NC(C)=O)ccc1C(C)=O. The van der Waals surface area contributed by atoms with Crippen LogP contribution >= 0.6 is 0 Å². The Bertz CT molecular complexity index is 452. The molecule has 0 radical (unpaired) electrons. The molecule has 0 aliphatic rings. The first-order valence-electron chi connectivity index (χ1n) is 5.21. The third-order valence-electron chi connectivity index (χ3n) is 2.04. The maximum Gasteiger partial charge on any atom is 0.221 e. The van der Waals surface area contributed by atoms with Crippen LogP contribution in [-0.2, 0) is 4.79 Å². The van der Waals surface area contributed by atoms with Crippen LogP contribution in [0.1, 0.15) is 24.2 Å². The van der Waals surface area contributed by atoms with Crippen LogP contribution in [0, 0.1) is 0 Å². The number of ketones is 1. The largest absolute Gasteiger partial charge is 0.489 e. The van der Waals surface area contributed by atoms with Gasteiger partial charge in [0, 0.05) is 18.7 Å². The fourth-order valence-corrected chi connectivity index (χ4v) is 1.36. The molecule has 0 saturated carbocycles. The molecule has 0 bridgehead atoms. The van der Waals surface area contributed by atoms with E-state index in [1.807, 2.05) is 0 Å². The number of rotatable bonds is 5. The smallest absolute Gasteiger partial charge is 0.221 e. The number of hydrogen-bond acceptors (Lipinski definition) is 3. The lowest BCUT2D eigenvalue weighted by molar-refractivity contribution is -0.114. The van der Waals surface area contributed by atoms with Gasteiger partial charge in [0.05, 0.1) is 5.56 Å². The van der Waals surface area contributed by atoms with E-state index >= 15 is 0 Å². The quantitative estimate of drug-likeness (QED) is 0.627. The molecule has 4 heteroatoms. The summed E-state index contributed by atoms with van der Waals surface area (Å²) in [5.74, 6) is 0.192. The summed E-state index contributed by atoms with van der Waals surface area (Å²) in [5.41, 5.74) is 1.09. The number of benzene rings is 1. The number of carbonyl (C=O) groups is 2. The van der Waals surface area contributed by atoms with Crippen molar-refractivity contribution in [3.05, 3.63) is 36.4 Å². The number of hydrogen-bond donors (Lipinski definition) is 1.